The van der Waals surface area contributed by atoms with E-state index in [2.05, 4.69) is 36.7 Å². The molecule has 0 aliphatic heterocycles. The van der Waals surface area contributed by atoms with Crippen LogP contribution in [0.15, 0.2) is 28.7 Å². The van der Waals surface area contributed by atoms with Gasteiger partial charge in [-0.2, -0.15) is 0 Å². The van der Waals surface area contributed by atoms with E-state index in [4.69, 9.17) is 4.74 Å². The maximum atomic E-state index is 10.4. The quantitative estimate of drug-likeness (QED) is 0.895. The average Bonchev–Trinajstić information content (AvgIpc) is 2.27. The first-order chi connectivity index (χ1) is 8.36. The third-order valence-electron chi connectivity index (χ3n) is 2.94. The lowest BCUT2D eigenvalue weighted by atomic mass is 9.83. The first kappa shape index (κ1) is 15.7. The van der Waals surface area contributed by atoms with Crippen molar-refractivity contribution in [3.63, 3.8) is 0 Å². The molecule has 2 unspecified atom stereocenters. The minimum Gasteiger partial charge on any atom is -0.390 e. The molecule has 0 aromatic heterocycles. The van der Waals surface area contributed by atoms with E-state index < -0.39 is 6.10 Å². The van der Waals surface area contributed by atoms with Gasteiger partial charge in [-0.05, 0) is 24.0 Å². The van der Waals surface area contributed by atoms with Crippen molar-refractivity contribution in [2.45, 2.75) is 46.3 Å². The first-order valence-corrected chi connectivity index (χ1v) is 7.18. The Labute approximate surface area is 118 Å². The van der Waals surface area contributed by atoms with E-state index in [1.165, 1.54) is 0 Å². The Morgan fingerprint density at radius 2 is 1.89 bits per heavy atom. The second-order valence-electron chi connectivity index (χ2n) is 5.60. The van der Waals surface area contributed by atoms with E-state index in [1.54, 1.807) is 0 Å². The van der Waals surface area contributed by atoms with Gasteiger partial charge < -0.3 is 9.84 Å². The van der Waals surface area contributed by atoms with Gasteiger partial charge in [0.15, 0.2) is 0 Å². The van der Waals surface area contributed by atoms with Crippen LogP contribution in [0.4, 0.5) is 0 Å². The van der Waals surface area contributed by atoms with Crippen LogP contribution in [0.5, 0.6) is 0 Å². The normalized spacial score (nSPS) is 15.4. The lowest BCUT2D eigenvalue weighted by molar-refractivity contribution is -0.0874. The van der Waals surface area contributed by atoms with Crippen LogP contribution in [0.1, 0.15) is 33.3 Å². The van der Waals surface area contributed by atoms with Crippen molar-refractivity contribution in [1.82, 2.24) is 0 Å². The molecule has 0 bridgehead atoms. The number of hydrogen-bond acceptors (Lipinski definition) is 2. The molecule has 18 heavy (non-hydrogen) atoms. The van der Waals surface area contributed by atoms with Crippen molar-refractivity contribution in [2.24, 2.45) is 5.41 Å². The third-order valence-corrected chi connectivity index (χ3v) is 3.71. The summed E-state index contributed by atoms with van der Waals surface area (Å²) in [5.74, 6) is 0. The topological polar surface area (TPSA) is 29.5 Å². The Bertz CT molecular complexity index is 371. The summed E-state index contributed by atoms with van der Waals surface area (Å²) in [5.41, 5.74) is 1.04. The standard InChI is InChI=1S/C15H23BrO2/c1-5-18-14(15(2,3)4)13(17)10-11-8-6-7-9-12(11)16/h6-9,13-14,17H,5,10H2,1-4H3. The third kappa shape index (κ3) is 4.38. The smallest absolute Gasteiger partial charge is 0.0885 e. The molecule has 1 rings (SSSR count). The molecule has 0 radical (unpaired) electrons. The molecule has 0 saturated carbocycles. The molecule has 0 aliphatic carbocycles. The highest BCUT2D eigenvalue weighted by Crippen LogP contribution is 2.28. The molecule has 0 fully saturated rings. The molecule has 0 heterocycles. The predicted octanol–water partition coefficient (Wildman–Crippen LogP) is 3.80. The lowest BCUT2D eigenvalue weighted by Crippen LogP contribution is -2.41. The highest BCUT2D eigenvalue weighted by Gasteiger charge is 2.32. The van der Waals surface area contributed by atoms with E-state index in [1.807, 2.05) is 31.2 Å². The fraction of sp³-hybridized carbons (Fsp3) is 0.600. The molecule has 0 saturated heterocycles. The molecule has 0 spiro atoms. The molecule has 2 atom stereocenters. The molecule has 0 aliphatic rings. The Morgan fingerprint density at radius 1 is 1.28 bits per heavy atom. The molecule has 0 amide bonds. The number of benzene rings is 1. The number of halogens is 1. The van der Waals surface area contributed by atoms with E-state index in [0.29, 0.717) is 13.0 Å². The van der Waals surface area contributed by atoms with Crippen molar-refractivity contribution >= 4 is 15.9 Å². The Balaban J connectivity index is 2.79. The second-order valence-corrected chi connectivity index (χ2v) is 6.46. The number of aliphatic hydroxyl groups is 1. The van der Waals surface area contributed by atoms with Gasteiger partial charge in [-0.1, -0.05) is 54.9 Å². The van der Waals surface area contributed by atoms with Gasteiger partial charge in [-0.15, -0.1) is 0 Å². The second kappa shape index (κ2) is 6.69. The van der Waals surface area contributed by atoms with Gasteiger partial charge >= 0.3 is 0 Å². The zero-order chi connectivity index (χ0) is 13.8. The summed E-state index contributed by atoms with van der Waals surface area (Å²) in [7, 11) is 0. The SMILES string of the molecule is CCOC(C(O)Cc1ccccc1Br)C(C)(C)C. The summed E-state index contributed by atoms with van der Waals surface area (Å²) >= 11 is 3.51. The van der Waals surface area contributed by atoms with Crippen molar-refractivity contribution in [2.75, 3.05) is 6.61 Å². The van der Waals surface area contributed by atoms with Gasteiger partial charge in [0.05, 0.1) is 12.2 Å². The maximum Gasteiger partial charge on any atom is 0.0885 e. The van der Waals surface area contributed by atoms with E-state index in [0.717, 1.165) is 10.0 Å². The largest absolute Gasteiger partial charge is 0.390 e. The summed E-state index contributed by atoms with van der Waals surface area (Å²) in [6.07, 6.45) is -0.0538. The maximum absolute atomic E-state index is 10.4. The molecule has 3 heteroatoms. The molecule has 1 N–H and O–H groups in total. The van der Waals surface area contributed by atoms with E-state index >= 15 is 0 Å². The number of aliphatic hydroxyl groups excluding tert-OH is 1. The van der Waals surface area contributed by atoms with Crippen LogP contribution < -0.4 is 0 Å². The first-order valence-electron chi connectivity index (χ1n) is 6.39. The van der Waals surface area contributed by atoms with Crippen LogP contribution in [0.2, 0.25) is 0 Å². The fourth-order valence-corrected chi connectivity index (χ4v) is 2.56. The number of hydrogen-bond donors (Lipinski definition) is 1. The molecule has 1 aromatic carbocycles. The zero-order valence-electron chi connectivity index (χ0n) is 11.6. The van der Waals surface area contributed by atoms with Crippen LogP contribution in [0, 0.1) is 5.41 Å². The van der Waals surface area contributed by atoms with Gasteiger partial charge in [0.25, 0.3) is 0 Å². The summed E-state index contributed by atoms with van der Waals surface area (Å²) in [6.45, 7) is 8.86. The van der Waals surface area contributed by atoms with Gasteiger partial charge in [-0.25, -0.2) is 0 Å². The summed E-state index contributed by atoms with van der Waals surface area (Å²) in [6, 6.07) is 7.98. The number of ether oxygens (including phenoxy) is 1. The fourth-order valence-electron chi connectivity index (χ4n) is 2.11. The zero-order valence-corrected chi connectivity index (χ0v) is 13.2. The Hall–Kier alpha value is -0.380. The van der Waals surface area contributed by atoms with Crippen LogP contribution >= 0.6 is 15.9 Å². The number of rotatable bonds is 5. The van der Waals surface area contributed by atoms with E-state index in [9.17, 15) is 5.11 Å². The highest BCUT2D eigenvalue weighted by molar-refractivity contribution is 9.10. The summed E-state index contributed by atoms with van der Waals surface area (Å²) in [4.78, 5) is 0. The Morgan fingerprint density at radius 3 is 2.39 bits per heavy atom. The van der Waals surface area contributed by atoms with Gasteiger partial charge in [-0.3, -0.25) is 0 Å². The molecule has 1 aromatic rings. The van der Waals surface area contributed by atoms with Crippen molar-refractivity contribution in [1.29, 1.82) is 0 Å². The van der Waals surface area contributed by atoms with Crippen molar-refractivity contribution in [3.8, 4) is 0 Å². The summed E-state index contributed by atoms with van der Waals surface area (Å²) in [5, 5.41) is 10.4. The van der Waals surface area contributed by atoms with Crippen LogP contribution in [-0.4, -0.2) is 23.9 Å². The minimum absolute atomic E-state index is 0.0727. The van der Waals surface area contributed by atoms with Crippen molar-refractivity contribution < 1.29 is 9.84 Å². The van der Waals surface area contributed by atoms with Gasteiger partial charge in [0.2, 0.25) is 0 Å². The molecule has 2 nitrogen and oxygen atoms in total. The lowest BCUT2D eigenvalue weighted by Gasteiger charge is -2.34. The molecular weight excluding hydrogens is 292 g/mol. The predicted molar refractivity (Wildman–Crippen MR) is 78.7 cm³/mol. The molecule has 102 valence electrons. The Kier molecular flexibility index (Phi) is 5.83. The minimum atomic E-state index is -0.497. The average molecular weight is 315 g/mol. The van der Waals surface area contributed by atoms with Crippen LogP contribution in [0.3, 0.4) is 0 Å². The van der Waals surface area contributed by atoms with Gasteiger partial charge in [0.1, 0.15) is 0 Å². The van der Waals surface area contributed by atoms with E-state index in [-0.39, 0.29) is 11.5 Å². The van der Waals surface area contributed by atoms with Crippen molar-refractivity contribution in [3.05, 3.63) is 34.3 Å². The monoisotopic (exact) mass is 314 g/mol. The summed E-state index contributed by atoms with van der Waals surface area (Å²) < 4.78 is 6.75. The highest BCUT2D eigenvalue weighted by atomic mass is 79.9. The van der Waals surface area contributed by atoms with Crippen LogP contribution in [0.25, 0.3) is 0 Å². The van der Waals surface area contributed by atoms with Crippen LogP contribution in [-0.2, 0) is 11.2 Å². The van der Waals surface area contributed by atoms with Gasteiger partial charge in [0, 0.05) is 17.5 Å². The molecular formula is C15H23BrO2.